The van der Waals surface area contributed by atoms with E-state index in [0.717, 1.165) is 35.4 Å². The van der Waals surface area contributed by atoms with Crippen LogP contribution in [0, 0.1) is 13.8 Å². The van der Waals surface area contributed by atoms with Gasteiger partial charge in [-0.2, -0.15) is 4.98 Å². The minimum Gasteiger partial charge on any atom is -0.338 e. The average Bonchev–Trinajstić information content (AvgIpc) is 3.05. The molecule has 2 heterocycles. The van der Waals surface area contributed by atoms with Gasteiger partial charge in [-0.3, -0.25) is 0 Å². The highest BCUT2D eigenvalue weighted by Crippen LogP contribution is 2.31. The molecule has 1 fully saturated rings. The number of nitrogens with zero attached hydrogens (tertiary/aromatic N) is 2. The van der Waals surface area contributed by atoms with E-state index in [9.17, 15) is 0 Å². The maximum absolute atomic E-state index is 5.50. The van der Waals surface area contributed by atoms with Crippen LogP contribution in [0.5, 0.6) is 0 Å². The van der Waals surface area contributed by atoms with Crippen molar-refractivity contribution >= 4 is 15.9 Å². The number of nitrogens with one attached hydrogen (secondary N) is 1. The van der Waals surface area contributed by atoms with E-state index in [-0.39, 0.29) is 5.41 Å². The molecule has 1 saturated heterocycles. The quantitative estimate of drug-likeness (QED) is 0.914. The molecular weight excluding hydrogens is 318 g/mol. The largest absolute Gasteiger partial charge is 0.338 e. The second-order valence-corrected chi connectivity index (χ2v) is 6.63. The highest BCUT2D eigenvalue weighted by Gasteiger charge is 2.36. The molecule has 106 valence electrons. The third kappa shape index (κ3) is 2.29. The number of rotatable bonds is 2. The Balaban J connectivity index is 1.98. The molecule has 0 amide bonds. The number of hydrogen-bond donors (Lipinski definition) is 1. The molecule has 5 heteroatoms. The van der Waals surface area contributed by atoms with Gasteiger partial charge < -0.3 is 9.84 Å². The van der Waals surface area contributed by atoms with Crippen LogP contribution in [0.25, 0.3) is 11.4 Å². The van der Waals surface area contributed by atoms with Crippen LogP contribution in [0.1, 0.15) is 30.4 Å². The topological polar surface area (TPSA) is 51.0 Å². The minimum absolute atomic E-state index is 0.0370. The highest BCUT2D eigenvalue weighted by atomic mass is 79.9. The zero-order chi connectivity index (χ0) is 14.3. The molecule has 4 nitrogen and oxygen atoms in total. The molecule has 20 heavy (non-hydrogen) atoms. The van der Waals surface area contributed by atoms with Crippen molar-refractivity contribution in [3.05, 3.63) is 33.6 Å². The summed E-state index contributed by atoms with van der Waals surface area (Å²) in [4.78, 5) is 4.61. The number of hydrogen-bond acceptors (Lipinski definition) is 4. The summed E-state index contributed by atoms with van der Waals surface area (Å²) in [6.45, 7) is 8.22. The van der Waals surface area contributed by atoms with Gasteiger partial charge in [0.15, 0.2) is 0 Å². The van der Waals surface area contributed by atoms with E-state index in [1.165, 1.54) is 11.1 Å². The average molecular weight is 336 g/mol. The van der Waals surface area contributed by atoms with Crippen molar-refractivity contribution in [2.45, 2.75) is 32.6 Å². The summed E-state index contributed by atoms with van der Waals surface area (Å²) in [6.07, 6.45) is 1.03. The minimum atomic E-state index is -0.0370. The summed E-state index contributed by atoms with van der Waals surface area (Å²) in [6, 6.07) is 4.17. The molecule has 1 aliphatic rings. The Labute approximate surface area is 127 Å². The van der Waals surface area contributed by atoms with E-state index < -0.39 is 0 Å². The third-order valence-corrected chi connectivity index (χ3v) is 5.26. The van der Waals surface area contributed by atoms with Crippen LogP contribution in [0.2, 0.25) is 0 Å². The molecule has 1 atom stereocenters. The lowest BCUT2D eigenvalue weighted by atomic mass is 9.90. The van der Waals surface area contributed by atoms with E-state index in [4.69, 9.17) is 4.52 Å². The Bertz CT molecular complexity index is 621. The number of benzene rings is 1. The first-order valence-electron chi connectivity index (χ1n) is 6.82. The lowest BCUT2D eigenvalue weighted by Gasteiger charge is -2.15. The van der Waals surface area contributed by atoms with E-state index in [0.29, 0.717) is 5.82 Å². The normalized spacial score (nSPS) is 22.4. The summed E-state index contributed by atoms with van der Waals surface area (Å²) in [5.41, 5.74) is 3.33. The molecule has 0 saturated carbocycles. The molecule has 2 aromatic rings. The van der Waals surface area contributed by atoms with Crippen molar-refractivity contribution in [3.8, 4) is 11.4 Å². The van der Waals surface area contributed by atoms with Crippen LogP contribution in [-0.4, -0.2) is 23.2 Å². The molecule has 0 radical (unpaired) electrons. The Hall–Kier alpha value is -1.20. The first-order chi connectivity index (χ1) is 9.49. The Morgan fingerprint density at radius 2 is 2.00 bits per heavy atom. The van der Waals surface area contributed by atoms with Gasteiger partial charge in [-0.1, -0.05) is 21.1 Å². The maximum atomic E-state index is 5.50. The Kier molecular flexibility index (Phi) is 3.42. The molecule has 1 N–H and O–H groups in total. The fourth-order valence-electron chi connectivity index (χ4n) is 2.66. The zero-order valence-corrected chi connectivity index (χ0v) is 13.5. The van der Waals surface area contributed by atoms with Gasteiger partial charge in [0.25, 0.3) is 0 Å². The Morgan fingerprint density at radius 1 is 1.30 bits per heavy atom. The predicted molar refractivity (Wildman–Crippen MR) is 81.7 cm³/mol. The first-order valence-corrected chi connectivity index (χ1v) is 7.61. The monoisotopic (exact) mass is 335 g/mol. The second-order valence-electron chi connectivity index (χ2n) is 5.83. The van der Waals surface area contributed by atoms with E-state index in [1.54, 1.807) is 0 Å². The van der Waals surface area contributed by atoms with Gasteiger partial charge in [0.1, 0.15) is 0 Å². The van der Waals surface area contributed by atoms with Gasteiger partial charge in [-0.25, -0.2) is 0 Å². The van der Waals surface area contributed by atoms with Crippen molar-refractivity contribution in [1.82, 2.24) is 15.5 Å². The van der Waals surface area contributed by atoms with E-state index in [1.807, 2.05) is 0 Å². The highest BCUT2D eigenvalue weighted by molar-refractivity contribution is 9.10. The van der Waals surface area contributed by atoms with E-state index in [2.05, 4.69) is 64.3 Å². The van der Waals surface area contributed by atoms with Gasteiger partial charge in [0.05, 0.1) is 5.41 Å². The SMILES string of the molecule is Cc1cc(-c2noc(C3(C)CCNC3)n2)cc(C)c1Br. The lowest BCUT2D eigenvalue weighted by molar-refractivity contribution is 0.306. The fourth-order valence-corrected chi connectivity index (χ4v) is 2.89. The zero-order valence-electron chi connectivity index (χ0n) is 12.0. The molecule has 1 aromatic heterocycles. The summed E-state index contributed by atoms with van der Waals surface area (Å²) in [5.74, 6) is 1.41. The van der Waals surface area contributed by atoms with Gasteiger partial charge in [-0.05, 0) is 57.0 Å². The molecule has 0 bridgehead atoms. The third-order valence-electron chi connectivity index (χ3n) is 4.01. The predicted octanol–water partition coefficient (Wildman–Crippen LogP) is 3.37. The van der Waals surface area contributed by atoms with Crippen LogP contribution in [0.15, 0.2) is 21.1 Å². The van der Waals surface area contributed by atoms with Crippen LogP contribution in [0.3, 0.4) is 0 Å². The lowest BCUT2D eigenvalue weighted by Crippen LogP contribution is -2.25. The number of aromatic nitrogens is 2. The molecular formula is C15H18BrN3O. The van der Waals surface area contributed by atoms with Gasteiger partial charge in [0.2, 0.25) is 11.7 Å². The molecule has 1 aliphatic heterocycles. The second kappa shape index (κ2) is 4.97. The maximum Gasteiger partial charge on any atom is 0.234 e. The van der Waals surface area contributed by atoms with Gasteiger partial charge in [0, 0.05) is 16.6 Å². The number of aryl methyl sites for hydroxylation is 2. The number of halogens is 1. The molecule has 1 unspecified atom stereocenters. The van der Waals surface area contributed by atoms with E-state index >= 15 is 0 Å². The van der Waals surface area contributed by atoms with Crippen LogP contribution in [0.4, 0.5) is 0 Å². The molecule has 0 aliphatic carbocycles. The van der Waals surface area contributed by atoms with Crippen molar-refractivity contribution in [2.75, 3.05) is 13.1 Å². The van der Waals surface area contributed by atoms with Crippen molar-refractivity contribution in [3.63, 3.8) is 0 Å². The van der Waals surface area contributed by atoms with Gasteiger partial charge in [-0.15, -0.1) is 0 Å². The molecule has 3 rings (SSSR count). The summed E-state index contributed by atoms with van der Waals surface area (Å²) in [5, 5.41) is 7.51. The standard InChI is InChI=1S/C15H18BrN3O/c1-9-6-11(7-10(2)12(9)16)13-18-14(20-19-13)15(3)4-5-17-8-15/h6-7,17H,4-5,8H2,1-3H3. The van der Waals surface area contributed by atoms with Crippen molar-refractivity contribution < 1.29 is 4.52 Å². The van der Waals surface area contributed by atoms with Crippen LogP contribution < -0.4 is 5.32 Å². The van der Waals surface area contributed by atoms with Crippen LogP contribution in [-0.2, 0) is 5.41 Å². The van der Waals surface area contributed by atoms with Gasteiger partial charge >= 0.3 is 0 Å². The fraction of sp³-hybridized carbons (Fsp3) is 0.467. The van der Waals surface area contributed by atoms with Crippen molar-refractivity contribution in [2.24, 2.45) is 0 Å². The first kappa shape index (κ1) is 13.8. The summed E-state index contributed by atoms with van der Waals surface area (Å²) < 4.78 is 6.64. The summed E-state index contributed by atoms with van der Waals surface area (Å²) in [7, 11) is 0. The summed E-state index contributed by atoms with van der Waals surface area (Å²) >= 11 is 3.58. The molecule has 0 spiro atoms. The van der Waals surface area contributed by atoms with Crippen LogP contribution >= 0.6 is 15.9 Å². The Morgan fingerprint density at radius 3 is 2.60 bits per heavy atom. The molecule has 1 aromatic carbocycles. The van der Waals surface area contributed by atoms with Crippen molar-refractivity contribution in [1.29, 1.82) is 0 Å². The smallest absolute Gasteiger partial charge is 0.234 e.